The molecule has 0 saturated heterocycles. The van der Waals surface area contributed by atoms with Crippen molar-refractivity contribution >= 4 is 34.8 Å². The third-order valence-corrected chi connectivity index (χ3v) is 3.29. The van der Waals surface area contributed by atoms with Crippen LogP contribution < -0.4 is 10.2 Å². The van der Waals surface area contributed by atoms with E-state index in [0.29, 0.717) is 16.5 Å². The number of hydrazone groups is 1. The van der Waals surface area contributed by atoms with E-state index in [1.165, 1.54) is 6.21 Å². The molecule has 3 rings (SSSR count). The van der Waals surface area contributed by atoms with Gasteiger partial charge in [-0.1, -0.05) is 23.7 Å². The molecule has 6 nitrogen and oxygen atoms in total. The van der Waals surface area contributed by atoms with Crippen LogP contribution in [0.15, 0.2) is 59.8 Å². The highest BCUT2D eigenvalue weighted by Crippen LogP contribution is 2.15. The summed E-state index contributed by atoms with van der Waals surface area (Å²) in [5.41, 5.74) is 4.49. The number of para-hydroxylation sites is 2. The average Bonchev–Trinajstić information content (AvgIpc) is 2.61. The van der Waals surface area contributed by atoms with Crippen LogP contribution in [0.3, 0.4) is 0 Å². The third kappa shape index (κ3) is 4.27. The van der Waals surface area contributed by atoms with Crippen LogP contribution in [-0.4, -0.2) is 28.7 Å². The van der Waals surface area contributed by atoms with E-state index < -0.39 is 0 Å². The molecule has 0 aliphatic rings. The Morgan fingerprint density at radius 1 is 1.17 bits per heavy atom. The van der Waals surface area contributed by atoms with Gasteiger partial charge in [0.05, 0.1) is 23.4 Å². The highest BCUT2D eigenvalue weighted by Gasteiger charge is 2.02. The lowest BCUT2D eigenvalue weighted by Crippen LogP contribution is -2.24. The summed E-state index contributed by atoms with van der Waals surface area (Å²) in [5, 5.41) is 4.45. The number of hydrogen-bond donors (Lipinski definition) is 1. The molecule has 0 aliphatic heterocycles. The molecule has 24 heavy (non-hydrogen) atoms. The van der Waals surface area contributed by atoms with E-state index in [4.69, 9.17) is 16.3 Å². The molecule has 1 heterocycles. The molecule has 0 radical (unpaired) electrons. The van der Waals surface area contributed by atoms with Crippen LogP contribution in [0.2, 0.25) is 5.02 Å². The maximum absolute atomic E-state index is 11.7. The Balaban J connectivity index is 1.52. The molecule has 1 amide bonds. The monoisotopic (exact) mass is 340 g/mol. The Labute approximate surface area is 143 Å². The first-order valence-corrected chi connectivity index (χ1v) is 7.50. The van der Waals surface area contributed by atoms with Gasteiger partial charge in [-0.2, -0.15) is 5.10 Å². The molecule has 0 spiro atoms. The molecule has 1 aromatic heterocycles. The lowest BCUT2D eigenvalue weighted by molar-refractivity contribution is -0.123. The number of carbonyl (C=O) groups is 1. The van der Waals surface area contributed by atoms with Crippen LogP contribution in [0.1, 0.15) is 5.69 Å². The number of rotatable bonds is 5. The molecule has 0 saturated carbocycles. The fourth-order valence-corrected chi connectivity index (χ4v) is 2.04. The second-order valence-corrected chi connectivity index (χ2v) is 5.26. The predicted molar refractivity (Wildman–Crippen MR) is 92.2 cm³/mol. The summed E-state index contributed by atoms with van der Waals surface area (Å²) < 4.78 is 5.31. The van der Waals surface area contributed by atoms with E-state index in [2.05, 4.69) is 20.5 Å². The number of fused-ring (bicyclic) bond motifs is 1. The maximum Gasteiger partial charge on any atom is 0.277 e. The molecule has 7 heteroatoms. The van der Waals surface area contributed by atoms with Gasteiger partial charge in [-0.3, -0.25) is 9.78 Å². The Bertz CT molecular complexity index is 881. The first kappa shape index (κ1) is 15.9. The number of halogens is 1. The highest BCUT2D eigenvalue weighted by atomic mass is 35.5. The van der Waals surface area contributed by atoms with Crippen molar-refractivity contribution in [3.05, 3.63) is 65.4 Å². The largest absolute Gasteiger partial charge is 0.484 e. The lowest BCUT2D eigenvalue weighted by atomic mass is 10.3. The van der Waals surface area contributed by atoms with E-state index in [-0.39, 0.29) is 12.5 Å². The molecule has 0 aliphatic carbocycles. The van der Waals surface area contributed by atoms with E-state index in [0.717, 1.165) is 11.0 Å². The zero-order valence-corrected chi connectivity index (χ0v) is 13.3. The van der Waals surface area contributed by atoms with Gasteiger partial charge < -0.3 is 4.74 Å². The van der Waals surface area contributed by atoms with E-state index in [9.17, 15) is 4.79 Å². The smallest absolute Gasteiger partial charge is 0.277 e. The van der Waals surface area contributed by atoms with E-state index >= 15 is 0 Å². The number of amides is 1. The molecule has 0 atom stereocenters. The van der Waals surface area contributed by atoms with Gasteiger partial charge in [0.25, 0.3) is 5.91 Å². The number of nitrogens with one attached hydrogen (secondary N) is 1. The molecule has 0 fully saturated rings. The normalized spacial score (nSPS) is 10.9. The first-order valence-electron chi connectivity index (χ1n) is 7.13. The van der Waals surface area contributed by atoms with E-state index in [1.54, 1.807) is 30.5 Å². The van der Waals surface area contributed by atoms with Crippen molar-refractivity contribution in [2.45, 2.75) is 0 Å². The van der Waals surface area contributed by atoms with Crippen LogP contribution >= 0.6 is 11.6 Å². The van der Waals surface area contributed by atoms with Crippen molar-refractivity contribution in [1.82, 2.24) is 15.4 Å². The van der Waals surface area contributed by atoms with Gasteiger partial charge in [0.1, 0.15) is 11.4 Å². The summed E-state index contributed by atoms with van der Waals surface area (Å²) in [6, 6.07) is 14.3. The van der Waals surface area contributed by atoms with Crippen molar-refractivity contribution < 1.29 is 9.53 Å². The van der Waals surface area contributed by atoms with Gasteiger partial charge in [-0.05, 0) is 36.4 Å². The van der Waals surface area contributed by atoms with Crippen molar-refractivity contribution in [2.75, 3.05) is 6.61 Å². The molecule has 3 aromatic rings. The summed E-state index contributed by atoms with van der Waals surface area (Å²) in [5.74, 6) is 0.175. The Morgan fingerprint density at radius 2 is 1.92 bits per heavy atom. The van der Waals surface area contributed by atoms with Crippen molar-refractivity contribution in [2.24, 2.45) is 5.10 Å². The Morgan fingerprint density at radius 3 is 2.71 bits per heavy atom. The van der Waals surface area contributed by atoms with Crippen molar-refractivity contribution in [3.8, 4) is 5.75 Å². The number of benzene rings is 2. The maximum atomic E-state index is 11.7. The minimum atomic E-state index is -0.380. The minimum absolute atomic E-state index is 0.150. The summed E-state index contributed by atoms with van der Waals surface area (Å²) in [6.45, 7) is -0.150. The summed E-state index contributed by atoms with van der Waals surface area (Å²) in [7, 11) is 0. The standard InChI is InChI=1S/C17H13ClN4O2/c18-12-5-7-14(8-6-12)24-11-17(23)22-20-10-13-9-19-15-3-1-2-4-16(15)21-13/h1-10H,11H2,(H,22,23)/b20-10-. The number of carbonyl (C=O) groups excluding carboxylic acids is 1. The van der Waals surface area contributed by atoms with Gasteiger partial charge in [0.2, 0.25) is 0 Å². The highest BCUT2D eigenvalue weighted by molar-refractivity contribution is 6.30. The quantitative estimate of drug-likeness (QED) is 0.572. The van der Waals surface area contributed by atoms with Crippen molar-refractivity contribution in [1.29, 1.82) is 0 Å². The van der Waals surface area contributed by atoms with Gasteiger partial charge in [-0.15, -0.1) is 0 Å². The van der Waals surface area contributed by atoms with Crippen molar-refractivity contribution in [3.63, 3.8) is 0 Å². The fraction of sp³-hybridized carbons (Fsp3) is 0.0588. The molecule has 120 valence electrons. The van der Waals surface area contributed by atoms with Gasteiger partial charge in [0, 0.05) is 5.02 Å². The minimum Gasteiger partial charge on any atom is -0.484 e. The predicted octanol–water partition coefficient (Wildman–Crippen LogP) is 2.81. The molecule has 0 unspecified atom stereocenters. The number of ether oxygens (including phenoxy) is 1. The molecule has 0 bridgehead atoms. The van der Waals surface area contributed by atoms with Crippen LogP contribution in [0.5, 0.6) is 5.75 Å². The molecule has 1 N–H and O–H groups in total. The first-order chi connectivity index (χ1) is 11.7. The second-order valence-electron chi connectivity index (χ2n) is 4.82. The van der Waals surface area contributed by atoms with Crippen LogP contribution in [0.25, 0.3) is 11.0 Å². The summed E-state index contributed by atoms with van der Waals surface area (Å²) >= 11 is 5.77. The van der Waals surface area contributed by atoms with Crippen LogP contribution in [-0.2, 0) is 4.79 Å². The lowest BCUT2D eigenvalue weighted by Gasteiger charge is -2.04. The molecular weight excluding hydrogens is 328 g/mol. The van der Waals surface area contributed by atoms with Gasteiger partial charge in [-0.25, -0.2) is 10.4 Å². The van der Waals surface area contributed by atoms with Crippen LogP contribution in [0.4, 0.5) is 0 Å². The third-order valence-electron chi connectivity index (χ3n) is 3.04. The number of nitrogens with zero attached hydrogens (tertiary/aromatic N) is 3. The fourth-order valence-electron chi connectivity index (χ4n) is 1.92. The van der Waals surface area contributed by atoms with Gasteiger partial charge in [0.15, 0.2) is 6.61 Å². The summed E-state index contributed by atoms with van der Waals surface area (Å²) in [4.78, 5) is 20.3. The van der Waals surface area contributed by atoms with Gasteiger partial charge >= 0.3 is 0 Å². The SMILES string of the molecule is O=C(COc1ccc(Cl)cc1)N/N=C\c1cnc2ccccc2n1. The number of aromatic nitrogens is 2. The Kier molecular flexibility index (Phi) is 4.98. The average molecular weight is 341 g/mol. The molecule has 2 aromatic carbocycles. The zero-order valence-electron chi connectivity index (χ0n) is 12.5. The van der Waals surface area contributed by atoms with E-state index in [1.807, 2.05) is 24.3 Å². The topological polar surface area (TPSA) is 76.5 Å². The zero-order chi connectivity index (χ0) is 16.8. The van der Waals surface area contributed by atoms with Crippen LogP contribution in [0, 0.1) is 0 Å². The number of hydrogen-bond acceptors (Lipinski definition) is 5. The second kappa shape index (κ2) is 7.52. The summed E-state index contributed by atoms with van der Waals surface area (Å²) in [6.07, 6.45) is 3.02. The Hall–Kier alpha value is -2.99. The molecular formula is C17H13ClN4O2.